The molecule has 2 heterocycles. The topological polar surface area (TPSA) is 69.9 Å². The van der Waals surface area contributed by atoms with E-state index in [9.17, 15) is 4.79 Å². The lowest BCUT2D eigenvalue weighted by atomic mass is 9.82. The number of carbonyl (C=O) groups is 1. The van der Waals surface area contributed by atoms with Crippen LogP contribution in [0, 0.1) is 13.8 Å². The Kier molecular flexibility index (Phi) is 4.03. The van der Waals surface area contributed by atoms with Crippen LogP contribution in [0.15, 0.2) is 36.5 Å². The van der Waals surface area contributed by atoms with Gasteiger partial charge in [0.25, 0.3) is 5.95 Å². The zero-order chi connectivity index (χ0) is 18.3. The van der Waals surface area contributed by atoms with Gasteiger partial charge >= 0.3 is 0 Å². The van der Waals surface area contributed by atoms with E-state index in [1.165, 1.54) is 0 Å². The minimum atomic E-state index is 0.0486. The quantitative estimate of drug-likeness (QED) is 0.727. The lowest BCUT2D eigenvalue weighted by molar-refractivity contribution is 0.0963. The van der Waals surface area contributed by atoms with Crippen molar-refractivity contribution in [2.45, 2.75) is 32.6 Å². The lowest BCUT2D eigenvalue weighted by Gasteiger charge is -2.24. The molecule has 1 aliphatic carbocycles. The Morgan fingerprint density at radius 2 is 1.85 bits per heavy atom. The van der Waals surface area contributed by atoms with Crippen molar-refractivity contribution >= 4 is 5.78 Å². The highest BCUT2D eigenvalue weighted by Gasteiger charge is 2.31. The molecular formula is C20H20N4O2. The highest BCUT2D eigenvalue weighted by atomic mass is 16.5. The van der Waals surface area contributed by atoms with E-state index >= 15 is 0 Å². The van der Waals surface area contributed by atoms with Gasteiger partial charge in [-0.3, -0.25) is 4.79 Å². The van der Waals surface area contributed by atoms with E-state index in [-0.39, 0.29) is 11.7 Å². The molecule has 1 aromatic carbocycles. The van der Waals surface area contributed by atoms with Crippen molar-refractivity contribution in [2.75, 3.05) is 7.11 Å². The van der Waals surface area contributed by atoms with Crippen molar-refractivity contribution in [3.63, 3.8) is 0 Å². The number of hydrogen-bond donors (Lipinski definition) is 0. The van der Waals surface area contributed by atoms with E-state index in [0.717, 1.165) is 28.4 Å². The van der Waals surface area contributed by atoms with Gasteiger partial charge in [-0.1, -0.05) is 18.2 Å². The fraction of sp³-hybridized carbons (Fsp3) is 0.300. The predicted octanol–water partition coefficient (Wildman–Crippen LogP) is 3.20. The number of methoxy groups -OCH3 is 1. The molecule has 0 N–H and O–H groups in total. The van der Waals surface area contributed by atoms with Crippen LogP contribution in [0.25, 0.3) is 5.95 Å². The van der Waals surface area contributed by atoms with Gasteiger partial charge in [-0.2, -0.15) is 5.10 Å². The second-order valence-corrected chi connectivity index (χ2v) is 6.64. The molecule has 0 unspecified atom stereocenters. The number of fused-ring (bicyclic) bond motifs is 1. The maximum absolute atomic E-state index is 12.7. The second kappa shape index (κ2) is 6.37. The van der Waals surface area contributed by atoms with Crippen molar-refractivity contribution in [3.8, 4) is 11.7 Å². The SMILES string of the molecule is COc1ccccc1[C@H]1CC(=O)c2cnn(-c3nc(C)cc(C)n3)c2C1. The van der Waals surface area contributed by atoms with Crippen molar-refractivity contribution in [1.82, 2.24) is 19.7 Å². The molecule has 26 heavy (non-hydrogen) atoms. The molecule has 0 saturated heterocycles. The number of ketones is 1. The van der Waals surface area contributed by atoms with E-state index in [0.29, 0.717) is 24.4 Å². The van der Waals surface area contributed by atoms with Crippen molar-refractivity contribution in [2.24, 2.45) is 0 Å². The lowest BCUT2D eigenvalue weighted by Crippen LogP contribution is -2.21. The summed E-state index contributed by atoms with van der Waals surface area (Å²) < 4.78 is 7.19. The summed E-state index contributed by atoms with van der Waals surface area (Å²) >= 11 is 0. The van der Waals surface area contributed by atoms with Crippen LogP contribution in [0.2, 0.25) is 0 Å². The summed E-state index contributed by atoms with van der Waals surface area (Å²) in [6.07, 6.45) is 2.78. The standard InChI is InChI=1S/C20H20N4O2/c1-12-8-13(2)23-20(22-12)24-17-9-14(10-18(25)16(17)11-21-24)15-6-4-5-7-19(15)26-3/h4-8,11,14H,9-10H2,1-3H3/t14-/m1/s1. The minimum Gasteiger partial charge on any atom is -0.496 e. The largest absolute Gasteiger partial charge is 0.496 e. The number of rotatable bonds is 3. The van der Waals surface area contributed by atoms with Gasteiger partial charge in [0.2, 0.25) is 0 Å². The van der Waals surface area contributed by atoms with Crippen molar-refractivity contribution in [1.29, 1.82) is 0 Å². The van der Waals surface area contributed by atoms with E-state index in [1.807, 2.05) is 44.2 Å². The van der Waals surface area contributed by atoms with Crippen LogP contribution in [0.5, 0.6) is 5.75 Å². The molecule has 0 aliphatic heterocycles. The molecule has 0 spiro atoms. The molecule has 1 atom stereocenters. The molecule has 0 fully saturated rings. The van der Waals surface area contributed by atoms with Gasteiger partial charge in [-0.05, 0) is 38.0 Å². The maximum Gasteiger partial charge on any atom is 0.251 e. The molecule has 6 heteroatoms. The minimum absolute atomic E-state index is 0.0486. The van der Waals surface area contributed by atoms with Gasteiger partial charge in [0.05, 0.1) is 24.6 Å². The average Bonchev–Trinajstić information content (AvgIpc) is 3.05. The third-order valence-electron chi connectivity index (χ3n) is 4.78. The van der Waals surface area contributed by atoms with E-state index < -0.39 is 0 Å². The Bertz CT molecular complexity index is 973. The first-order valence-electron chi connectivity index (χ1n) is 8.62. The summed E-state index contributed by atoms with van der Waals surface area (Å²) in [5.41, 5.74) is 4.32. The van der Waals surface area contributed by atoms with Crippen LogP contribution in [-0.2, 0) is 6.42 Å². The molecule has 0 bridgehead atoms. The number of aromatic nitrogens is 4. The molecule has 0 saturated carbocycles. The maximum atomic E-state index is 12.7. The molecule has 3 aromatic rings. The van der Waals surface area contributed by atoms with Gasteiger partial charge in [0.1, 0.15) is 5.75 Å². The predicted molar refractivity (Wildman–Crippen MR) is 97.0 cm³/mol. The number of hydrogen-bond acceptors (Lipinski definition) is 5. The molecule has 132 valence electrons. The fourth-order valence-electron chi connectivity index (χ4n) is 3.64. The average molecular weight is 348 g/mol. The first-order valence-corrected chi connectivity index (χ1v) is 8.62. The first-order chi connectivity index (χ1) is 12.6. The molecule has 4 rings (SSSR count). The molecule has 2 aromatic heterocycles. The van der Waals surface area contributed by atoms with E-state index in [4.69, 9.17) is 4.74 Å². The summed E-state index contributed by atoms with van der Waals surface area (Å²) in [6, 6.07) is 9.78. The van der Waals surface area contributed by atoms with Crippen LogP contribution in [0.4, 0.5) is 0 Å². The zero-order valence-corrected chi connectivity index (χ0v) is 15.1. The Balaban J connectivity index is 1.78. The number of nitrogens with zero attached hydrogens (tertiary/aromatic N) is 4. The van der Waals surface area contributed by atoms with Crippen molar-refractivity contribution in [3.05, 3.63) is 64.7 Å². The summed E-state index contributed by atoms with van der Waals surface area (Å²) in [5.74, 6) is 1.46. The molecule has 1 aliphatic rings. The van der Waals surface area contributed by atoms with Crippen LogP contribution in [0.1, 0.15) is 45.3 Å². The van der Waals surface area contributed by atoms with Crippen molar-refractivity contribution < 1.29 is 9.53 Å². The number of para-hydroxylation sites is 1. The zero-order valence-electron chi connectivity index (χ0n) is 15.1. The van der Waals surface area contributed by atoms with Crippen LogP contribution in [0.3, 0.4) is 0 Å². The van der Waals surface area contributed by atoms with Crippen LogP contribution >= 0.6 is 0 Å². The fourth-order valence-corrected chi connectivity index (χ4v) is 3.64. The van der Waals surface area contributed by atoms with E-state index in [2.05, 4.69) is 15.1 Å². The number of carbonyl (C=O) groups excluding carboxylic acids is 1. The van der Waals surface area contributed by atoms with Crippen LogP contribution in [-0.4, -0.2) is 32.6 Å². The van der Waals surface area contributed by atoms with Gasteiger partial charge in [-0.15, -0.1) is 0 Å². The molecule has 6 nitrogen and oxygen atoms in total. The monoisotopic (exact) mass is 348 g/mol. The van der Waals surface area contributed by atoms with Gasteiger partial charge in [0.15, 0.2) is 5.78 Å². The number of Topliss-reactive ketones (excluding diaryl/α,β-unsaturated/α-hetero) is 1. The smallest absolute Gasteiger partial charge is 0.251 e. The molecular weight excluding hydrogens is 328 g/mol. The van der Waals surface area contributed by atoms with E-state index in [1.54, 1.807) is 18.0 Å². The number of aryl methyl sites for hydroxylation is 2. The number of benzene rings is 1. The Morgan fingerprint density at radius 3 is 2.58 bits per heavy atom. The summed E-state index contributed by atoms with van der Waals surface area (Å²) in [5, 5.41) is 4.41. The summed E-state index contributed by atoms with van der Waals surface area (Å²) in [4.78, 5) is 21.7. The Morgan fingerprint density at radius 1 is 1.12 bits per heavy atom. The normalized spacial score (nSPS) is 16.4. The Labute approximate surface area is 151 Å². The third-order valence-corrected chi connectivity index (χ3v) is 4.78. The third kappa shape index (κ3) is 2.77. The van der Waals surface area contributed by atoms with Gasteiger partial charge < -0.3 is 4.74 Å². The highest BCUT2D eigenvalue weighted by molar-refractivity contribution is 5.98. The first kappa shape index (κ1) is 16.4. The summed E-state index contributed by atoms with van der Waals surface area (Å²) in [7, 11) is 1.66. The molecule has 0 radical (unpaired) electrons. The summed E-state index contributed by atoms with van der Waals surface area (Å²) in [6.45, 7) is 3.85. The second-order valence-electron chi connectivity index (χ2n) is 6.64. The Hall–Kier alpha value is -3.02. The molecule has 0 amide bonds. The highest BCUT2D eigenvalue weighted by Crippen LogP contribution is 2.37. The van der Waals surface area contributed by atoms with Crippen LogP contribution < -0.4 is 4.74 Å². The number of ether oxygens (including phenoxy) is 1. The van der Waals surface area contributed by atoms with Gasteiger partial charge in [0, 0.05) is 23.7 Å². The van der Waals surface area contributed by atoms with Gasteiger partial charge in [-0.25, -0.2) is 14.6 Å².